The van der Waals surface area contributed by atoms with Crippen molar-refractivity contribution in [3.05, 3.63) is 29.2 Å². The molecule has 0 saturated heterocycles. The van der Waals surface area contributed by atoms with Gasteiger partial charge in [0.1, 0.15) is 18.1 Å². The first-order valence-corrected chi connectivity index (χ1v) is 7.24. The van der Waals surface area contributed by atoms with Crippen LogP contribution in [-0.4, -0.2) is 25.6 Å². The monoisotopic (exact) mass is 302 g/mol. The van der Waals surface area contributed by atoms with Crippen LogP contribution in [0.5, 0.6) is 0 Å². The van der Waals surface area contributed by atoms with E-state index in [9.17, 15) is 5.26 Å². The van der Waals surface area contributed by atoms with Gasteiger partial charge in [0.15, 0.2) is 11.5 Å². The van der Waals surface area contributed by atoms with Gasteiger partial charge in [-0.25, -0.2) is 9.97 Å². The Morgan fingerprint density at radius 2 is 2.19 bits per heavy atom. The Balaban J connectivity index is 2.33. The number of anilines is 1. The zero-order valence-electron chi connectivity index (χ0n) is 12.1. The SMILES string of the molecule is CCC1c2c(C#N)ncn2-c2cnc(Cl)nc2N1C(C)C. The summed E-state index contributed by atoms with van der Waals surface area (Å²) in [5.74, 6) is 0.784. The summed E-state index contributed by atoms with van der Waals surface area (Å²) < 4.78 is 1.90. The van der Waals surface area contributed by atoms with Crippen molar-refractivity contribution in [1.82, 2.24) is 19.5 Å². The summed E-state index contributed by atoms with van der Waals surface area (Å²) in [6.07, 6.45) is 4.18. The van der Waals surface area contributed by atoms with Crippen LogP contribution in [0.2, 0.25) is 5.28 Å². The van der Waals surface area contributed by atoms with E-state index in [-0.39, 0.29) is 17.4 Å². The van der Waals surface area contributed by atoms with Gasteiger partial charge in [-0.2, -0.15) is 10.2 Å². The third-order valence-electron chi connectivity index (χ3n) is 3.73. The van der Waals surface area contributed by atoms with Crippen molar-refractivity contribution in [2.24, 2.45) is 0 Å². The van der Waals surface area contributed by atoms with E-state index in [1.54, 1.807) is 12.5 Å². The fourth-order valence-electron chi connectivity index (χ4n) is 2.93. The number of rotatable bonds is 2. The first-order valence-electron chi connectivity index (χ1n) is 6.87. The van der Waals surface area contributed by atoms with E-state index < -0.39 is 0 Å². The number of nitriles is 1. The molecule has 3 heterocycles. The molecule has 0 bridgehead atoms. The number of hydrogen-bond acceptors (Lipinski definition) is 5. The van der Waals surface area contributed by atoms with Gasteiger partial charge < -0.3 is 4.90 Å². The maximum absolute atomic E-state index is 9.32. The standard InChI is InChI=1S/C14H15ClN6/c1-4-10-12-9(5-16)18-7-20(12)11-6-17-14(15)19-13(11)21(10)8(2)3/h6-8,10H,4H2,1-3H3. The molecular weight excluding hydrogens is 288 g/mol. The van der Waals surface area contributed by atoms with Gasteiger partial charge in [-0.1, -0.05) is 6.92 Å². The van der Waals surface area contributed by atoms with E-state index in [4.69, 9.17) is 11.6 Å². The van der Waals surface area contributed by atoms with Crippen LogP contribution in [0, 0.1) is 11.3 Å². The summed E-state index contributed by atoms with van der Waals surface area (Å²) >= 11 is 5.97. The Bertz CT molecular complexity index is 730. The molecule has 0 N–H and O–H groups in total. The Labute approximate surface area is 128 Å². The van der Waals surface area contributed by atoms with Crippen LogP contribution in [-0.2, 0) is 0 Å². The molecule has 108 valence electrons. The van der Waals surface area contributed by atoms with Crippen LogP contribution < -0.4 is 4.90 Å². The first-order chi connectivity index (χ1) is 10.1. The number of fused-ring (bicyclic) bond motifs is 3. The number of imidazole rings is 1. The summed E-state index contributed by atoms with van der Waals surface area (Å²) in [7, 11) is 0. The van der Waals surface area contributed by atoms with E-state index in [0.29, 0.717) is 5.69 Å². The minimum atomic E-state index is 0.0422. The topological polar surface area (TPSA) is 70.6 Å². The number of aromatic nitrogens is 4. The minimum Gasteiger partial charge on any atom is -0.344 e. The summed E-state index contributed by atoms with van der Waals surface area (Å²) in [5.41, 5.74) is 2.15. The summed E-state index contributed by atoms with van der Waals surface area (Å²) in [6, 6.07) is 2.44. The molecule has 3 rings (SSSR count). The summed E-state index contributed by atoms with van der Waals surface area (Å²) in [6.45, 7) is 6.29. The molecule has 2 aromatic heterocycles. The molecular formula is C14H15ClN6. The zero-order chi connectivity index (χ0) is 15.1. The molecule has 0 aromatic carbocycles. The van der Waals surface area contributed by atoms with Crippen molar-refractivity contribution in [1.29, 1.82) is 5.26 Å². The highest BCUT2D eigenvalue weighted by molar-refractivity contribution is 6.28. The van der Waals surface area contributed by atoms with Crippen molar-refractivity contribution >= 4 is 17.4 Å². The molecule has 1 unspecified atom stereocenters. The lowest BCUT2D eigenvalue weighted by Gasteiger charge is -2.40. The van der Waals surface area contributed by atoms with Crippen molar-refractivity contribution in [2.45, 2.75) is 39.3 Å². The third kappa shape index (κ3) is 1.96. The van der Waals surface area contributed by atoms with Gasteiger partial charge in [-0.3, -0.25) is 4.57 Å². The molecule has 6 nitrogen and oxygen atoms in total. The highest BCUT2D eigenvalue weighted by Crippen LogP contribution is 2.41. The Morgan fingerprint density at radius 1 is 1.43 bits per heavy atom. The van der Waals surface area contributed by atoms with Gasteiger partial charge in [-0.15, -0.1) is 0 Å². The van der Waals surface area contributed by atoms with Gasteiger partial charge in [-0.05, 0) is 31.9 Å². The molecule has 1 aliphatic heterocycles. The van der Waals surface area contributed by atoms with E-state index in [1.807, 2.05) is 4.57 Å². The first kappa shape index (κ1) is 13.8. The smallest absolute Gasteiger partial charge is 0.224 e. The molecule has 0 aliphatic carbocycles. The molecule has 1 atom stereocenters. The molecule has 21 heavy (non-hydrogen) atoms. The molecule has 7 heteroatoms. The maximum atomic E-state index is 9.32. The van der Waals surface area contributed by atoms with Crippen LogP contribution in [0.4, 0.5) is 5.82 Å². The lowest BCUT2D eigenvalue weighted by atomic mass is 10.0. The van der Waals surface area contributed by atoms with Crippen molar-refractivity contribution < 1.29 is 0 Å². The normalized spacial score (nSPS) is 16.6. The lowest BCUT2D eigenvalue weighted by molar-refractivity contribution is 0.509. The van der Waals surface area contributed by atoms with E-state index in [1.165, 1.54) is 0 Å². The van der Waals surface area contributed by atoms with Crippen molar-refractivity contribution in [3.63, 3.8) is 0 Å². The van der Waals surface area contributed by atoms with Gasteiger partial charge in [0.05, 0.1) is 17.9 Å². The van der Waals surface area contributed by atoms with Gasteiger partial charge in [0.2, 0.25) is 5.28 Å². The maximum Gasteiger partial charge on any atom is 0.224 e. The molecule has 0 saturated carbocycles. The van der Waals surface area contributed by atoms with Crippen LogP contribution in [0.15, 0.2) is 12.5 Å². The van der Waals surface area contributed by atoms with Crippen LogP contribution in [0.3, 0.4) is 0 Å². The largest absolute Gasteiger partial charge is 0.344 e. The van der Waals surface area contributed by atoms with Crippen LogP contribution in [0.1, 0.15) is 44.6 Å². The Hall–Kier alpha value is -2.13. The fraction of sp³-hybridized carbons (Fsp3) is 0.429. The molecule has 0 fully saturated rings. The van der Waals surface area contributed by atoms with Gasteiger partial charge >= 0.3 is 0 Å². The van der Waals surface area contributed by atoms with Crippen molar-refractivity contribution in [2.75, 3.05) is 4.90 Å². The number of nitrogens with zero attached hydrogens (tertiary/aromatic N) is 6. The Morgan fingerprint density at radius 3 is 2.81 bits per heavy atom. The lowest BCUT2D eigenvalue weighted by Crippen LogP contribution is -2.40. The van der Waals surface area contributed by atoms with Crippen molar-refractivity contribution in [3.8, 4) is 11.8 Å². The second-order valence-corrected chi connectivity index (χ2v) is 5.57. The average Bonchev–Trinajstić information content (AvgIpc) is 2.88. The average molecular weight is 303 g/mol. The molecule has 1 aliphatic rings. The number of halogens is 1. The minimum absolute atomic E-state index is 0.0422. The predicted molar refractivity (Wildman–Crippen MR) is 79.5 cm³/mol. The van der Waals surface area contributed by atoms with Crippen LogP contribution >= 0.6 is 11.6 Å². The second kappa shape index (κ2) is 5.01. The highest BCUT2D eigenvalue weighted by Gasteiger charge is 2.35. The van der Waals surface area contributed by atoms with Gasteiger partial charge in [0, 0.05) is 6.04 Å². The van der Waals surface area contributed by atoms with E-state index in [0.717, 1.165) is 23.6 Å². The van der Waals surface area contributed by atoms with E-state index in [2.05, 4.69) is 46.7 Å². The molecule has 0 radical (unpaired) electrons. The molecule has 2 aromatic rings. The van der Waals surface area contributed by atoms with E-state index >= 15 is 0 Å². The summed E-state index contributed by atoms with van der Waals surface area (Å²) in [4.78, 5) is 14.9. The fourth-order valence-corrected chi connectivity index (χ4v) is 3.06. The Kier molecular flexibility index (Phi) is 3.30. The molecule has 0 amide bonds. The third-order valence-corrected chi connectivity index (χ3v) is 3.91. The highest BCUT2D eigenvalue weighted by atomic mass is 35.5. The molecule has 0 spiro atoms. The van der Waals surface area contributed by atoms with Gasteiger partial charge in [0.25, 0.3) is 0 Å². The number of hydrogen-bond donors (Lipinski definition) is 0. The quantitative estimate of drug-likeness (QED) is 0.798. The predicted octanol–water partition coefficient (Wildman–Crippen LogP) is 2.87. The summed E-state index contributed by atoms with van der Waals surface area (Å²) in [5, 5.41) is 9.54. The second-order valence-electron chi connectivity index (χ2n) is 5.23. The zero-order valence-corrected chi connectivity index (χ0v) is 12.8. The van der Waals surface area contributed by atoms with Crippen LogP contribution in [0.25, 0.3) is 5.69 Å².